The van der Waals surface area contributed by atoms with Crippen LogP contribution in [0.3, 0.4) is 0 Å². The van der Waals surface area contributed by atoms with Crippen molar-refractivity contribution in [1.82, 2.24) is 9.78 Å². The number of nitrogens with one attached hydrogen (secondary N) is 1. The van der Waals surface area contributed by atoms with E-state index in [0.29, 0.717) is 5.69 Å². The molecule has 0 spiro atoms. The number of amides is 1. The Balaban J connectivity index is 2.02. The molecule has 0 saturated carbocycles. The first-order valence-corrected chi connectivity index (χ1v) is 7.83. The Kier molecular flexibility index (Phi) is 4.53. The van der Waals surface area contributed by atoms with E-state index in [9.17, 15) is 19.1 Å². The van der Waals surface area contributed by atoms with E-state index in [1.165, 1.54) is 41.1 Å². The number of nitrogens with zero attached hydrogens (tertiary/aromatic N) is 2. The zero-order valence-electron chi connectivity index (χ0n) is 14.2. The molecule has 2 N–H and O–H groups in total. The molecule has 7 heteroatoms. The summed E-state index contributed by atoms with van der Waals surface area (Å²) >= 11 is 0. The summed E-state index contributed by atoms with van der Waals surface area (Å²) in [4.78, 5) is 24.6. The van der Waals surface area contributed by atoms with Crippen LogP contribution in [0.4, 0.5) is 10.1 Å². The summed E-state index contributed by atoms with van der Waals surface area (Å²) in [5, 5.41) is 16.4. The number of halogens is 1. The zero-order valence-corrected chi connectivity index (χ0v) is 14.2. The number of phenols is 1. The molecule has 0 aliphatic heterocycles. The van der Waals surface area contributed by atoms with Crippen LogP contribution in [-0.4, -0.2) is 20.8 Å². The van der Waals surface area contributed by atoms with Gasteiger partial charge in [0.05, 0.1) is 5.69 Å². The Morgan fingerprint density at radius 2 is 1.88 bits per heavy atom. The van der Waals surface area contributed by atoms with Crippen molar-refractivity contribution in [3.05, 3.63) is 81.5 Å². The molecule has 0 radical (unpaired) electrons. The molecule has 0 saturated heterocycles. The van der Waals surface area contributed by atoms with Gasteiger partial charge in [-0.2, -0.15) is 5.10 Å². The quantitative estimate of drug-likeness (QED) is 0.709. The van der Waals surface area contributed by atoms with Crippen molar-refractivity contribution in [2.45, 2.75) is 13.8 Å². The number of aryl methyl sites for hydroxylation is 2. The molecule has 0 aliphatic carbocycles. The second-order valence-corrected chi connectivity index (χ2v) is 5.84. The predicted molar refractivity (Wildman–Crippen MR) is 95.3 cm³/mol. The average Bonchev–Trinajstić information content (AvgIpc) is 2.58. The van der Waals surface area contributed by atoms with Gasteiger partial charge < -0.3 is 10.4 Å². The average molecular weight is 353 g/mol. The van der Waals surface area contributed by atoms with Crippen molar-refractivity contribution >= 4 is 11.6 Å². The Bertz CT molecular complexity index is 1060. The number of para-hydroxylation sites is 1. The van der Waals surface area contributed by atoms with E-state index in [-0.39, 0.29) is 17.1 Å². The molecule has 2 aromatic carbocycles. The van der Waals surface area contributed by atoms with E-state index in [0.717, 1.165) is 5.56 Å². The van der Waals surface area contributed by atoms with Gasteiger partial charge in [-0.3, -0.25) is 9.59 Å². The van der Waals surface area contributed by atoms with Crippen molar-refractivity contribution in [2.24, 2.45) is 0 Å². The maximum Gasteiger partial charge on any atom is 0.280 e. The van der Waals surface area contributed by atoms with Gasteiger partial charge in [0.15, 0.2) is 5.69 Å². The number of hydrogen-bond donors (Lipinski definition) is 2. The number of carbonyl (C=O) groups excluding carboxylic acids is 1. The van der Waals surface area contributed by atoms with Crippen LogP contribution in [-0.2, 0) is 0 Å². The van der Waals surface area contributed by atoms with Gasteiger partial charge in [-0.25, -0.2) is 9.07 Å². The molecule has 3 rings (SSSR count). The molecular weight excluding hydrogens is 337 g/mol. The van der Waals surface area contributed by atoms with Crippen LogP contribution in [0.25, 0.3) is 5.69 Å². The minimum Gasteiger partial charge on any atom is -0.506 e. The summed E-state index contributed by atoms with van der Waals surface area (Å²) in [5.41, 5.74) is 0.473. The lowest BCUT2D eigenvalue weighted by atomic mass is 10.2. The van der Waals surface area contributed by atoms with Crippen molar-refractivity contribution < 1.29 is 14.3 Å². The molecular formula is C19H16FN3O3. The number of aromatic nitrogens is 2. The normalized spacial score (nSPS) is 10.6. The third-order valence-corrected chi connectivity index (χ3v) is 3.80. The van der Waals surface area contributed by atoms with Gasteiger partial charge >= 0.3 is 0 Å². The van der Waals surface area contributed by atoms with E-state index >= 15 is 0 Å². The molecule has 1 aromatic heterocycles. The third-order valence-electron chi connectivity index (χ3n) is 3.80. The van der Waals surface area contributed by atoms with Crippen molar-refractivity contribution in [3.8, 4) is 11.4 Å². The number of benzene rings is 2. The van der Waals surface area contributed by atoms with E-state index in [2.05, 4.69) is 10.4 Å². The lowest BCUT2D eigenvalue weighted by Crippen LogP contribution is -2.27. The highest BCUT2D eigenvalue weighted by Crippen LogP contribution is 2.24. The number of anilines is 1. The highest BCUT2D eigenvalue weighted by Gasteiger charge is 2.18. The standard InChI is InChI=1S/C19H16FN3O3/c1-11-7-8-14(16(24)9-11)21-19(26)18-17(25)10-12(2)23(22-18)15-6-4-3-5-13(15)20/h3-10,24H,1-2H3,(H,21,26). The van der Waals surface area contributed by atoms with Crippen LogP contribution in [0.15, 0.2) is 53.3 Å². The lowest BCUT2D eigenvalue weighted by Gasteiger charge is -2.12. The summed E-state index contributed by atoms with van der Waals surface area (Å²) in [5.74, 6) is -1.45. The first kappa shape index (κ1) is 17.3. The second kappa shape index (κ2) is 6.79. The molecule has 26 heavy (non-hydrogen) atoms. The van der Waals surface area contributed by atoms with Crippen molar-refractivity contribution in [3.63, 3.8) is 0 Å². The van der Waals surface area contributed by atoms with Crippen LogP contribution in [0.2, 0.25) is 0 Å². The Morgan fingerprint density at radius 1 is 1.15 bits per heavy atom. The molecule has 132 valence electrons. The summed E-state index contributed by atoms with van der Waals surface area (Å²) < 4.78 is 15.2. The monoisotopic (exact) mass is 353 g/mol. The van der Waals surface area contributed by atoms with Crippen LogP contribution >= 0.6 is 0 Å². The fraction of sp³-hybridized carbons (Fsp3) is 0.105. The third kappa shape index (κ3) is 3.32. The second-order valence-electron chi connectivity index (χ2n) is 5.84. The maximum absolute atomic E-state index is 14.1. The highest BCUT2D eigenvalue weighted by atomic mass is 19.1. The number of rotatable bonds is 3. The molecule has 1 amide bonds. The summed E-state index contributed by atoms with van der Waals surface area (Å²) in [6.07, 6.45) is 0. The first-order chi connectivity index (χ1) is 12.4. The van der Waals surface area contributed by atoms with Crippen molar-refractivity contribution in [1.29, 1.82) is 0 Å². The van der Waals surface area contributed by atoms with Gasteiger partial charge in [-0.05, 0) is 43.7 Å². The van der Waals surface area contributed by atoms with E-state index in [4.69, 9.17) is 0 Å². The van der Waals surface area contributed by atoms with Crippen LogP contribution in [0, 0.1) is 19.7 Å². The van der Waals surface area contributed by atoms with Gasteiger partial charge in [0, 0.05) is 11.8 Å². The number of hydrogen-bond acceptors (Lipinski definition) is 4. The Hall–Kier alpha value is -3.48. The Morgan fingerprint density at radius 3 is 2.58 bits per heavy atom. The van der Waals surface area contributed by atoms with E-state index in [1.54, 1.807) is 26.0 Å². The van der Waals surface area contributed by atoms with Crippen LogP contribution in [0.5, 0.6) is 5.75 Å². The molecule has 0 bridgehead atoms. The van der Waals surface area contributed by atoms with Gasteiger partial charge in [0.25, 0.3) is 5.91 Å². The molecule has 0 unspecified atom stereocenters. The Labute approximate surface area is 148 Å². The predicted octanol–water partition coefficient (Wildman–Crippen LogP) is 2.95. The van der Waals surface area contributed by atoms with Crippen molar-refractivity contribution in [2.75, 3.05) is 5.32 Å². The molecule has 6 nitrogen and oxygen atoms in total. The number of carbonyl (C=O) groups is 1. The smallest absolute Gasteiger partial charge is 0.280 e. The minimum absolute atomic E-state index is 0.122. The minimum atomic E-state index is -0.792. The summed E-state index contributed by atoms with van der Waals surface area (Å²) in [6, 6.07) is 11.8. The van der Waals surface area contributed by atoms with Crippen LogP contribution < -0.4 is 10.7 Å². The first-order valence-electron chi connectivity index (χ1n) is 7.83. The van der Waals surface area contributed by atoms with Gasteiger partial charge in [-0.1, -0.05) is 18.2 Å². The van der Waals surface area contributed by atoms with Crippen LogP contribution in [0.1, 0.15) is 21.7 Å². The van der Waals surface area contributed by atoms with E-state index in [1.807, 2.05) is 0 Å². The molecule has 0 aliphatic rings. The molecule has 0 fully saturated rings. The molecule has 1 heterocycles. The van der Waals surface area contributed by atoms with Gasteiger partial charge in [0.1, 0.15) is 17.3 Å². The SMILES string of the molecule is Cc1ccc(NC(=O)c2nn(-c3ccccc3F)c(C)cc2=O)c(O)c1. The summed E-state index contributed by atoms with van der Waals surface area (Å²) in [7, 11) is 0. The zero-order chi connectivity index (χ0) is 18.8. The largest absolute Gasteiger partial charge is 0.506 e. The maximum atomic E-state index is 14.1. The number of phenolic OH excluding ortho intramolecular Hbond substituents is 1. The fourth-order valence-corrected chi connectivity index (χ4v) is 2.50. The van der Waals surface area contributed by atoms with E-state index < -0.39 is 22.8 Å². The fourth-order valence-electron chi connectivity index (χ4n) is 2.50. The highest BCUT2D eigenvalue weighted by molar-refractivity contribution is 6.03. The van der Waals surface area contributed by atoms with Gasteiger partial charge in [0.2, 0.25) is 5.43 Å². The summed E-state index contributed by atoms with van der Waals surface area (Å²) in [6.45, 7) is 3.38. The number of aromatic hydroxyl groups is 1. The molecule has 3 aromatic rings. The lowest BCUT2D eigenvalue weighted by molar-refractivity contribution is 0.101. The van der Waals surface area contributed by atoms with Gasteiger partial charge in [-0.15, -0.1) is 0 Å². The topological polar surface area (TPSA) is 84.2 Å². The molecule has 0 atom stereocenters.